The number of ether oxygens (including phenoxy) is 1. The van der Waals surface area contributed by atoms with Gasteiger partial charge in [-0.25, -0.2) is 4.98 Å². The molecule has 0 fully saturated rings. The van der Waals surface area contributed by atoms with Crippen LogP contribution in [0.25, 0.3) is 11.4 Å². The second-order valence-corrected chi connectivity index (χ2v) is 5.10. The molecule has 0 bridgehead atoms. The Hall–Kier alpha value is -1.52. The van der Waals surface area contributed by atoms with Gasteiger partial charge in [-0.15, -0.1) is 0 Å². The third-order valence-corrected chi connectivity index (χ3v) is 3.82. The molecule has 1 aliphatic rings. The molecule has 3 rings (SSSR count). The van der Waals surface area contributed by atoms with Gasteiger partial charge in [0.1, 0.15) is 11.6 Å². The van der Waals surface area contributed by atoms with E-state index in [-0.39, 0.29) is 6.04 Å². The molecular weight excluding hydrogens is 262 g/mol. The summed E-state index contributed by atoms with van der Waals surface area (Å²) in [5.74, 6) is 1.68. The molecule has 2 heterocycles. The molecule has 0 spiro atoms. The number of halogens is 1. The van der Waals surface area contributed by atoms with Crippen LogP contribution in [-0.4, -0.2) is 16.7 Å². The molecular formula is C14H16ClN3O. The highest BCUT2D eigenvalue weighted by Crippen LogP contribution is 2.34. The summed E-state index contributed by atoms with van der Waals surface area (Å²) in [6.07, 6.45) is 2.01. The van der Waals surface area contributed by atoms with Gasteiger partial charge in [0.15, 0.2) is 5.15 Å². The maximum absolute atomic E-state index is 6.24. The molecule has 5 heteroatoms. The van der Waals surface area contributed by atoms with E-state index >= 15 is 0 Å². The lowest BCUT2D eigenvalue weighted by molar-refractivity contribution is 0.415. The van der Waals surface area contributed by atoms with E-state index < -0.39 is 0 Å². The molecule has 0 saturated carbocycles. The monoisotopic (exact) mass is 277 g/mol. The second kappa shape index (κ2) is 4.87. The molecule has 2 aromatic rings. The predicted octanol–water partition coefficient (Wildman–Crippen LogP) is 3.01. The number of nitrogens with zero attached hydrogens (tertiary/aromatic N) is 2. The second-order valence-electron chi connectivity index (χ2n) is 4.74. The number of hydrogen-bond acceptors (Lipinski definition) is 3. The summed E-state index contributed by atoms with van der Waals surface area (Å²) in [5.41, 5.74) is 8.08. The molecule has 2 N–H and O–H groups in total. The summed E-state index contributed by atoms with van der Waals surface area (Å²) < 4.78 is 7.38. The average Bonchev–Trinajstić information content (AvgIpc) is 2.78. The highest BCUT2D eigenvalue weighted by Gasteiger charge is 2.25. The van der Waals surface area contributed by atoms with Crippen molar-refractivity contribution in [3.8, 4) is 17.1 Å². The van der Waals surface area contributed by atoms with Gasteiger partial charge >= 0.3 is 0 Å². The zero-order chi connectivity index (χ0) is 13.4. The van der Waals surface area contributed by atoms with Crippen molar-refractivity contribution >= 4 is 11.6 Å². The van der Waals surface area contributed by atoms with E-state index in [1.165, 1.54) is 0 Å². The zero-order valence-electron chi connectivity index (χ0n) is 10.8. The van der Waals surface area contributed by atoms with Gasteiger partial charge in [-0.1, -0.05) is 23.7 Å². The van der Waals surface area contributed by atoms with Crippen molar-refractivity contribution in [1.82, 2.24) is 9.55 Å². The van der Waals surface area contributed by atoms with Crippen LogP contribution in [0.2, 0.25) is 5.15 Å². The molecule has 1 aliphatic heterocycles. The number of imidazole rings is 1. The molecule has 4 nitrogen and oxygen atoms in total. The Labute approximate surface area is 117 Å². The topological polar surface area (TPSA) is 53.1 Å². The lowest BCUT2D eigenvalue weighted by Crippen LogP contribution is -2.22. The quantitative estimate of drug-likeness (QED) is 0.918. The molecule has 1 unspecified atom stereocenters. The Balaban J connectivity index is 2.13. The summed E-state index contributed by atoms with van der Waals surface area (Å²) >= 11 is 6.24. The fraction of sp³-hybridized carbons (Fsp3) is 0.357. The van der Waals surface area contributed by atoms with Crippen LogP contribution in [0.15, 0.2) is 24.3 Å². The number of nitrogens with two attached hydrogens (primary N) is 1. The van der Waals surface area contributed by atoms with Gasteiger partial charge in [0, 0.05) is 18.2 Å². The van der Waals surface area contributed by atoms with Gasteiger partial charge in [-0.2, -0.15) is 0 Å². The van der Waals surface area contributed by atoms with E-state index in [1.807, 2.05) is 24.3 Å². The standard InChI is InChI=1S/C14H16ClN3O/c1-19-10-5-2-4-9(8-10)14-17-13(15)12-11(16)6-3-7-18(12)14/h2,4-5,8,11H,3,6-7,16H2,1H3. The third kappa shape index (κ3) is 2.11. The summed E-state index contributed by atoms with van der Waals surface area (Å²) in [4.78, 5) is 4.48. The maximum Gasteiger partial charge on any atom is 0.152 e. The van der Waals surface area contributed by atoms with Crippen LogP contribution < -0.4 is 10.5 Å². The van der Waals surface area contributed by atoms with Crippen LogP contribution in [0.1, 0.15) is 24.6 Å². The zero-order valence-corrected chi connectivity index (χ0v) is 11.5. The first-order valence-corrected chi connectivity index (χ1v) is 6.74. The molecule has 0 amide bonds. The van der Waals surface area contributed by atoms with Crippen molar-refractivity contribution in [3.63, 3.8) is 0 Å². The Kier molecular flexibility index (Phi) is 3.21. The summed E-state index contributed by atoms with van der Waals surface area (Å²) in [7, 11) is 1.66. The van der Waals surface area contributed by atoms with Crippen molar-refractivity contribution in [2.24, 2.45) is 5.73 Å². The van der Waals surface area contributed by atoms with E-state index in [0.717, 1.165) is 42.2 Å². The molecule has 0 saturated heterocycles. The molecule has 19 heavy (non-hydrogen) atoms. The normalized spacial score (nSPS) is 18.2. The number of methoxy groups -OCH3 is 1. The van der Waals surface area contributed by atoms with Gasteiger partial charge in [-0.3, -0.25) is 0 Å². The third-order valence-electron chi connectivity index (χ3n) is 3.54. The smallest absolute Gasteiger partial charge is 0.152 e. The van der Waals surface area contributed by atoms with Crippen LogP contribution >= 0.6 is 11.6 Å². The summed E-state index contributed by atoms with van der Waals surface area (Å²) in [6, 6.07) is 7.82. The largest absolute Gasteiger partial charge is 0.497 e. The number of aromatic nitrogens is 2. The fourth-order valence-corrected chi connectivity index (χ4v) is 2.93. The van der Waals surface area contributed by atoms with Crippen LogP contribution in [-0.2, 0) is 6.54 Å². The maximum atomic E-state index is 6.24. The minimum Gasteiger partial charge on any atom is -0.497 e. The van der Waals surface area contributed by atoms with Crippen molar-refractivity contribution < 1.29 is 4.74 Å². The van der Waals surface area contributed by atoms with Crippen LogP contribution in [0.3, 0.4) is 0 Å². The van der Waals surface area contributed by atoms with Crippen molar-refractivity contribution in [1.29, 1.82) is 0 Å². The minimum atomic E-state index is -0.0203. The summed E-state index contributed by atoms with van der Waals surface area (Å²) in [6.45, 7) is 0.912. The highest BCUT2D eigenvalue weighted by molar-refractivity contribution is 6.30. The van der Waals surface area contributed by atoms with Crippen LogP contribution in [0.5, 0.6) is 5.75 Å². The van der Waals surface area contributed by atoms with Crippen LogP contribution in [0.4, 0.5) is 0 Å². The van der Waals surface area contributed by atoms with E-state index in [0.29, 0.717) is 5.15 Å². The molecule has 1 atom stereocenters. The first-order valence-electron chi connectivity index (χ1n) is 6.36. The highest BCUT2D eigenvalue weighted by atomic mass is 35.5. The van der Waals surface area contributed by atoms with Crippen LogP contribution in [0, 0.1) is 0 Å². The molecule has 1 aromatic carbocycles. The molecule has 1 aromatic heterocycles. The van der Waals surface area contributed by atoms with E-state index in [9.17, 15) is 0 Å². The van der Waals surface area contributed by atoms with E-state index in [1.54, 1.807) is 7.11 Å². The molecule has 0 aliphatic carbocycles. The van der Waals surface area contributed by atoms with Crippen molar-refractivity contribution in [3.05, 3.63) is 35.1 Å². The Morgan fingerprint density at radius 3 is 3.11 bits per heavy atom. The molecule has 100 valence electrons. The van der Waals surface area contributed by atoms with Gasteiger partial charge in [-0.05, 0) is 25.0 Å². The molecule has 0 radical (unpaired) electrons. The Bertz CT molecular complexity index is 609. The van der Waals surface area contributed by atoms with Gasteiger partial charge in [0.05, 0.1) is 12.8 Å². The number of rotatable bonds is 2. The lowest BCUT2D eigenvalue weighted by atomic mass is 10.1. The van der Waals surface area contributed by atoms with Crippen molar-refractivity contribution in [2.75, 3.05) is 7.11 Å². The van der Waals surface area contributed by atoms with Gasteiger partial charge in [0.2, 0.25) is 0 Å². The number of fused-ring (bicyclic) bond motifs is 1. The Morgan fingerprint density at radius 2 is 2.32 bits per heavy atom. The average molecular weight is 278 g/mol. The van der Waals surface area contributed by atoms with E-state index in [2.05, 4.69) is 9.55 Å². The minimum absolute atomic E-state index is 0.0203. The number of benzene rings is 1. The number of hydrogen-bond donors (Lipinski definition) is 1. The van der Waals surface area contributed by atoms with Crippen molar-refractivity contribution in [2.45, 2.75) is 25.4 Å². The first kappa shape index (κ1) is 12.5. The summed E-state index contributed by atoms with van der Waals surface area (Å²) in [5, 5.41) is 0.519. The lowest BCUT2D eigenvalue weighted by Gasteiger charge is -2.22. The van der Waals surface area contributed by atoms with E-state index in [4.69, 9.17) is 22.1 Å². The van der Waals surface area contributed by atoms with Gasteiger partial charge in [0.25, 0.3) is 0 Å². The first-order chi connectivity index (χ1) is 9.20. The Morgan fingerprint density at radius 1 is 1.47 bits per heavy atom. The van der Waals surface area contributed by atoms with Gasteiger partial charge < -0.3 is 15.0 Å². The SMILES string of the molecule is COc1cccc(-c2nc(Cl)c3n2CCCC3N)c1. The predicted molar refractivity (Wildman–Crippen MR) is 75.4 cm³/mol. The fourth-order valence-electron chi connectivity index (χ4n) is 2.60.